The molecule has 1 aromatic heterocycles. The minimum atomic E-state index is -4.60. The minimum absolute atomic E-state index is 0.00844. The molecule has 0 amide bonds. The van der Waals surface area contributed by atoms with Crippen LogP contribution in [0, 0.1) is 5.41 Å². The number of methoxy groups -OCH3 is 1. The van der Waals surface area contributed by atoms with E-state index in [9.17, 15) is 18.0 Å². The van der Waals surface area contributed by atoms with Gasteiger partial charge in [0.2, 0.25) is 0 Å². The maximum Gasteiger partial charge on any atom is 0.417 e. The smallest absolute Gasteiger partial charge is 0.410 e. The number of aromatic nitrogens is 1. The van der Waals surface area contributed by atoms with Crippen molar-refractivity contribution in [3.8, 4) is 11.1 Å². The summed E-state index contributed by atoms with van der Waals surface area (Å²) < 4.78 is 56.7. The van der Waals surface area contributed by atoms with E-state index in [0.29, 0.717) is 24.0 Å². The van der Waals surface area contributed by atoms with Gasteiger partial charge in [-0.25, -0.2) is 0 Å². The number of pyridine rings is 1. The molecule has 2 unspecified atom stereocenters. The average molecular weight is 590 g/mol. The van der Waals surface area contributed by atoms with E-state index in [-0.39, 0.29) is 33.6 Å². The monoisotopic (exact) mass is 589 g/mol. The van der Waals surface area contributed by atoms with Crippen LogP contribution in [0.3, 0.4) is 0 Å². The second-order valence-corrected chi connectivity index (χ2v) is 19.1. The molecule has 2 aromatic rings. The number of aldehydes is 1. The molecule has 0 N–H and O–H groups in total. The first-order valence-corrected chi connectivity index (χ1v) is 17.7. The molecule has 2 aliphatic rings. The van der Waals surface area contributed by atoms with Gasteiger partial charge in [0.15, 0.2) is 8.32 Å². The third-order valence-electron chi connectivity index (χ3n) is 9.59. The van der Waals surface area contributed by atoms with Crippen molar-refractivity contribution in [3.63, 3.8) is 0 Å². The van der Waals surface area contributed by atoms with Crippen LogP contribution in [-0.4, -0.2) is 26.7 Å². The van der Waals surface area contributed by atoms with Crippen LogP contribution in [0.15, 0.2) is 18.2 Å². The fourth-order valence-electron chi connectivity index (χ4n) is 6.36. The van der Waals surface area contributed by atoms with Gasteiger partial charge in [-0.3, -0.25) is 9.78 Å². The first-order chi connectivity index (χ1) is 18.9. The van der Waals surface area contributed by atoms with Crippen LogP contribution in [0.2, 0.25) is 18.1 Å². The molecule has 0 saturated heterocycles. The van der Waals surface area contributed by atoms with Gasteiger partial charge >= 0.3 is 6.18 Å². The van der Waals surface area contributed by atoms with E-state index >= 15 is 0 Å². The lowest BCUT2D eigenvalue weighted by atomic mass is 9.70. The SMILES string of the molecule is COC(C)c1nc2c(c(C3CCCC3)c1-c1cc(C=O)ccc1C(F)(F)F)C(O[Si](C)(C)C(C)(C)C)CC(C)(C)C2. The van der Waals surface area contributed by atoms with Crippen LogP contribution < -0.4 is 0 Å². The molecule has 1 aromatic carbocycles. The predicted molar refractivity (Wildman–Crippen MR) is 160 cm³/mol. The number of hydrogen-bond donors (Lipinski definition) is 0. The number of carbonyl (C=O) groups excluding carboxylic acids is 1. The molecule has 1 fully saturated rings. The summed E-state index contributed by atoms with van der Waals surface area (Å²) in [7, 11) is -0.699. The van der Waals surface area contributed by atoms with Crippen LogP contribution in [0.25, 0.3) is 11.1 Å². The first-order valence-electron chi connectivity index (χ1n) is 14.8. The van der Waals surface area contributed by atoms with Crippen LogP contribution in [0.4, 0.5) is 13.2 Å². The van der Waals surface area contributed by atoms with Crippen LogP contribution >= 0.6 is 0 Å². The van der Waals surface area contributed by atoms with Gasteiger partial charge in [-0.2, -0.15) is 13.2 Å². The van der Waals surface area contributed by atoms with Crippen LogP contribution in [-0.2, 0) is 21.8 Å². The van der Waals surface area contributed by atoms with E-state index < -0.39 is 26.2 Å². The molecule has 0 radical (unpaired) electrons. The molecule has 1 saturated carbocycles. The number of alkyl halides is 3. The number of nitrogens with zero attached hydrogens (tertiary/aromatic N) is 1. The lowest BCUT2D eigenvalue weighted by molar-refractivity contribution is -0.137. The standard InChI is InChI=1S/C33H46F3NO3Si/c1-20(39-7)30-28(23-16-21(19-38)14-15-24(23)33(34,35)36)27(22-12-10-11-13-22)29-25(37-30)17-32(5,6)18-26(29)40-41(8,9)31(2,3)4/h14-16,19-20,22,26H,10-13,17-18H2,1-9H3. The summed E-state index contributed by atoms with van der Waals surface area (Å²) >= 11 is 0. The Kier molecular flexibility index (Phi) is 8.74. The number of benzene rings is 1. The number of halogens is 3. The van der Waals surface area contributed by atoms with Crippen molar-refractivity contribution >= 4 is 14.6 Å². The number of fused-ring (bicyclic) bond motifs is 1. The highest BCUT2D eigenvalue weighted by atomic mass is 28.4. The van der Waals surface area contributed by atoms with Crippen LogP contribution in [0.1, 0.15) is 130 Å². The van der Waals surface area contributed by atoms with E-state index in [1.807, 2.05) is 6.92 Å². The Morgan fingerprint density at radius 2 is 1.73 bits per heavy atom. The van der Waals surface area contributed by atoms with Gasteiger partial charge in [0.1, 0.15) is 6.29 Å². The maximum absolute atomic E-state index is 14.6. The van der Waals surface area contributed by atoms with Gasteiger partial charge in [0.05, 0.1) is 23.5 Å². The zero-order valence-electron chi connectivity index (χ0n) is 26.1. The number of hydrogen-bond acceptors (Lipinski definition) is 4. The van der Waals surface area contributed by atoms with Gasteiger partial charge < -0.3 is 9.16 Å². The Labute approximate surface area is 244 Å². The lowest BCUT2D eigenvalue weighted by Crippen LogP contribution is -2.44. The topological polar surface area (TPSA) is 48.4 Å². The Morgan fingerprint density at radius 1 is 1.10 bits per heavy atom. The molecule has 1 heterocycles. The molecule has 4 nitrogen and oxygen atoms in total. The summed E-state index contributed by atoms with van der Waals surface area (Å²) in [5.41, 5.74) is 3.16. The third kappa shape index (κ3) is 6.35. The van der Waals surface area contributed by atoms with Gasteiger partial charge in [0, 0.05) is 29.5 Å². The molecule has 226 valence electrons. The van der Waals surface area contributed by atoms with Crippen molar-refractivity contribution in [1.29, 1.82) is 0 Å². The Hall–Kier alpha value is -2.03. The highest BCUT2D eigenvalue weighted by Crippen LogP contribution is 2.54. The van der Waals surface area contributed by atoms with Gasteiger partial charge in [-0.1, -0.05) is 53.5 Å². The van der Waals surface area contributed by atoms with E-state index in [1.54, 1.807) is 7.11 Å². The number of carbonyl (C=O) groups is 1. The quantitative estimate of drug-likeness (QED) is 0.238. The highest BCUT2D eigenvalue weighted by Gasteiger charge is 2.46. The molecule has 8 heteroatoms. The van der Waals surface area contributed by atoms with E-state index in [2.05, 4.69) is 47.7 Å². The molecular weight excluding hydrogens is 543 g/mol. The largest absolute Gasteiger partial charge is 0.417 e. The van der Waals surface area contributed by atoms with Crippen molar-refractivity contribution in [3.05, 3.63) is 51.8 Å². The third-order valence-corrected chi connectivity index (χ3v) is 14.1. The summed E-state index contributed by atoms with van der Waals surface area (Å²) in [5, 5.41) is -0.0369. The zero-order valence-corrected chi connectivity index (χ0v) is 27.1. The number of rotatable bonds is 7. The normalized spacial score (nSPS) is 20.6. The summed E-state index contributed by atoms with van der Waals surface area (Å²) in [5.74, 6) is 0.0808. The summed E-state index contributed by atoms with van der Waals surface area (Å²) in [6, 6.07) is 3.66. The Morgan fingerprint density at radius 3 is 2.27 bits per heavy atom. The molecule has 0 bridgehead atoms. The van der Waals surface area contributed by atoms with E-state index in [4.69, 9.17) is 14.1 Å². The summed E-state index contributed by atoms with van der Waals surface area (Å²) in [6.07, 6.45) is 0.517. The summed E-state index contributed by atoms with van der Waals surface area (Å²) in [6.45, 7) is 17.4. The Bertz CT molecular complexity index is 1290. The molecule has 2 atom stereocenters. The highest BCUT2D eigenvalue weighted by molar-refractivity contribution is 6.74. The predicted octanol–water partition coefficient (Wildman–Crippen LogP) is 9.98. The molecular formula is C33H46F3NO3Si. The molecule has 41 heavy (non-hydrogen) atoms. The number of ether oxygens (including phenoxy) is 1. The molecule has 0 spiro atoms. The van der Waals surface area contributed by atoms with E-state index in [0.717, 1.165) is 55.0 Å². The van der Waals surface area contributed by atoms with E-state index in [1.165, 1.54) is 12.1 Å². The van der Waals surface area contributed by atoms with Crippen molar-refractivity contribution in [1.82, 2.24) is 4.98 Å². The molecule has 2 aliphatic carbocycles. The van der Waals surface area contributed by atoms with Crippen molar-refractivity contribution < 1.29 is 27.1 Å². The first kappa shape index (κ1) is 31.9. The second-order valence-electron chi connectivity index (χ2n) is 14.3. The zero-order chi connectivity index (χ0) is 30.5. The van der Waals surface area contributed by atoms with Gasteiger partial charge in [-0.05, 0) is 85.3 Å². The second kappa shape index (κ2) is 11.2. The lowest BCUT2D eigenvalue weighted by Gasteiger charge is -2.45. The van der Waals surface area contributed by atoms with Gasteiger partial charge in [-0.15, -0.1) is 0 Å². The van der Waals surface area contributed by atoms with Gasteiger partial charge in [0.25, 0.3) is 0 Å². The molecule has 4 rings (SSSR count). The van der Waals surface area contributed by atoms with Crippen molar-refractivity contribution in [2.24, 2.45) is 5.41 Å². The minimum Gasteiger partial charge on any atom is -0.410 e. The summed E-state index contributed by atoms with van der Waals surface area (Å²) in [4.78, 5) is 17.0. The average Bonchev–Trinajstić information content (AvgIpc) is 3.39. The van der Waals surface area contributed by atoms with Crippen LogP contribution in [0.5, 0.6) is 0 Å². The van der Waals surface area contributed by atoms with Crippen molar-refractivity contribution in [2.75, 3.05) is 7.11 Å². The fraction of sp³-hybridized carbons (Fsp3) is 0.636. The molecule has 0 aliphatic heterocycles. The maximum atomic E-state index is 14.6. The fourth-order valence-corrected chi connectivity index (χ4v) is 7.63. The van der Waals surface area contributed by atoms with Crippen molar-refractivity contribution in [2.45, 2.75) is 123 Å². The Balaban J connectivity index is 2.15.